The van der Waals surface area contributed by atoms with Crippen LogP contribution in [0.5, 0.6) is 0 Å². The number of nitrogens with one attached hydrogen (secondary N) is 1. The van der Waals surface area contributed by atoms with Crippen LogP contribution in [0, 0.1) is 0 Å². The van der Waals surface area contributed by atoms with Crippen LogP contribution < -0.4 is 10.9 Å². The molecule has 1 aromatic carbocycles. The summed E-state index contributed by atoms with van der Waals surface area (Å²) in [6.45, 7) is 6.75. The SMILES string of the molecule is Cn1ncc(NC[C@H](O)c2ccc(C(C)(C)C)cc2)c(Br)c1=O. The van der Waals surface area contributed by atoms with Crippen LogP contribution in [-0.4, -0.2) is 21.4 Å². The molecule has 0 aliphatic heterocycles. The maximum absolute atomic E-state index is 11.8. The molecular weight excluding hydrogens is 358 g/mol. The van der Waals surface area contributed by atoms with Crippen molar-refractivity contribution in [2.24, 2.45) is 7.05 Å². The summed E-state index contributed by atoms with van der Waals surface area (Å²) in [7, 11) is 1.59. The number of anilines is 1. The second-order valence-electron chi connectivity index (χ2n) is 6.57. The van der Waals surface area contributed by atoms with Crippen molar-refractivity contribution in [2.45, 2.75) is 32.3 Å². The second-order valence-corrected chi connectivity index (χ2v) is 7.36. The van der Waals surface area contributed by atoms with Gasteiger partial charge in [0, 0.05) is 13.6 Å². The third-order valence-electron chi connectivity index (χ3n) is 3.73. The van der Waals surface area contributed by atoms with E-state index in [9.17, 15) is 9.90 Å². The summed E-state index contributed by atoms with van der Waals surface area (Å²) in [4.78, 5) is 11.8. The average molecular weight is 380 g/mol. The van der Waals surface area contributed by atoms with Gasteiger partial charge in [0.1, 0.15) is 4.47 Å². The molecular formula is C17H22BrN3O2. The summed E-state index contributed by atoms with van der Waals surface area (Å²) in [6.07, 6.45) is 0.890. The van der Waals surface area contributed by atoms with Crippen molar-refractivity contribution in [3.05, 3.63) is 56.4 Å². The lowest BCUT2D eigenvalue weighted by Crippen LogP contribution is -2.22. The molecule has 0 aliphatic rings. The number of aliphatic hydroxyl groups is 1. The van der Waals surface area contributed by atoms with E-state index in [0.29, 0.717) is 16.7 Å². The van der Waals surface area contributed by atoms with Crippen LogP contribution in [0.1, 0.15) is 38.0 Å². The summed E-state index contributed by atoms with van der Waals surface area (Å²) in [5.41, 5.74) is 2.48. The summed E-state index contributed by atoms with van der Waals surface area (Å²) in [6, 6.07) is 7.94. The monoisotopic (exact) mass is 379 g/mol. The van der Waals surface area contributed by atoms with Gasteiger partial charge >= 0.3 is 0 Å². The quantitative estimate of drug-likeness (QED) is 0.856. The molecule has 23 heavy (non-hydrogen) atoms. The van der Waals surface area contributed by atoms with Gasteiger partial charge in [0.2, 0.25) is 0 Å². The van der Waals surface area contributed by atoms with Crippen molar-refractivity contribution in [1.29, 1.82) is 0 Å². The van der Waals surface area contributed by atoms with Crippen molar-refractivity contribution >= 4 is 21.6 Å². The molecule has 0 saturated heterocycles. The topological polar surface area (TPSA) is 67.2 Å². The number of aliphatic hydroxyl groups excluding tert-OH is 1. The molecule has 0 bridgehead atoms. The van der Waals surface area contributed by atoms with Gasteiger partial charge in [0.05, 0.1) is 18.0 Å². The first-order valence-corrected chi connectivity index (χ1v) is 8.23. The van der Waals surface area contributed by atoms with Gasteiger partial charge in [0.15, 0.2) is 0 Å². The molecule has 1 heterocycles. The minimum absolute atomic E-state index is 0.0857. The lowest BCUT2D eigenvalue weighted by molar-refractivity contribution is 0.191. The van der Waals surface area contributed by atoms with E-state index in [2.05, 4.69) is 47.1 Å². The molecule has 0 amide bonds. The Kier molecular flexibility index (Phi) is 5.26. The molecule has 0 spiro atoms. The standard InChI is InChI=1S/C17H22BrN3O2/c1-17(2,3)12-7-5-11(6-8-12)14(22)10-19-13-9-20-21(4)16(23)15(13)18/h5-9,14,19,22H,10H2,1-4H3/t14-/m0/s1. The first-order chi connectivity index (χ1) is 10.7. The lowest BCUT2D eigenvalue weighted by atomic mass is 9.86. The number of nitrogens with zero attached hydrogens (tertiary/aromatic N) is 2. The molecule has 1 aromatic heterocycles. The summed E-state index contributed by atoms with van der Waals surface area (Å²) >= 11 is 3.25. The molecule has 0 radical (unpaired) electrons. The van der Waals surface area contributed by atoms with Crippen LogP contribution in [-0.2, 0) is 12.5 Å². The van der Waals surface area contributed by atoms with E-state index in [0.717, 1.165) is 5.56 Å². The molecule has 0 saturated carbocycles. The molecule has 1 atom stereocenters. The normalized spacial score (nSPS) is 13.0. The molecule has 124 valence electrons. The second kappa shape index (κ2) is 6.84. The number of benzene rings is 1. The Morgan fingerprint density at radius 3 is 2.48 bits per heavy atom. The number of halogens is 1. The zero-order valence-corrected chi connectivity index (χ0v) is 15.4. The number of hydrogen-bond donors (Lipinski definition) is 2. The summed E-state index contributed by atoms with van der Waals surface area (Å²) in [5, 5.41) is 17.3. The van der Waals surface area contributed by atoms with Gasteiger partial charge in [0.25, 0.3) is 5.56 Å². The van der Waals surface area contributed by atoms with Crippen LogP contribution in [0.2, 0.25) is 0 Å². The number of aryl methyl sites for hydroxylation is 1. The Balaban J connectivity index is 2.07. The predicted molar refractivity (Wildman–Crippen MR) is 95.8 cm³/mol. The molecule has 0 fully saturated rings. The Morgan fingerprint density at radius 2 is 1.91 bits per heavy atom. The highest BCUT2D eigenvalue weighted by Crippen LogP contribution is 2.24. The van der Waals surface area contributed by atoms with E-state index < -0.39 is 6.10 Å². The summed E-state index contributed by atoms with van der Waals surface area (Å²) < 4.78 is 1.65. The van der Waals surface area contributed by atoms with E-state index in [1.54, 1.807) is 13.2 Å². The zero-order valence-electron chi connectivity index (χ0n) is 13.8. The highest BCUT2D eigenvalue weighted by atomic mass is 79.9. The minimum Gasteiger partial charge on any atom is -0.387 e. The minimum atomic E-state index is -0.667. The van der Waals surface area contributed by atoms with E-state index in [1.165, 1.54) is 10.2 Å². The number of hydrogen-bond acceptors (Lipinski definition) is 4. The highest BCUT2D eigenvalue weighted by Gasteiger charge is 2.15. The van der Waals surface area contributed by atoms with Crippen LogP contribution in [0.25, 0.3) is 0 Å². The van der Waals surface area contributed by atoms with Gasteiger partial charge < -0.3 is 10.4 Å². The fraction of sp³-hybridized carbons (Fsp3) is 0.412. The zero-order chi connectivity index (χ0) is 17.2. The van der Waals surface area contributed by atoms with Crippen LogP contribution >= 0.6 is 15.9 Å². The molecule has 2 aromatic rings. The third kappa shape index (κ3) is 4.20. The van der Waals surface area contributed by atoms with Crippen molar-refractivity contribution < 1.29 is 5.11 Å². The van der Waals surface area contributed by atoms with Crippen LogP contribution in [0.15, 0.2) is 39.7 Å². The van der Waals surface area contributed by atoms with E-state index >= 15 is 0 Å². The molecule has 2 rings (SSSR count). The van der Waals surface area contributed by atoms with E-state index in [-0.39, 0.29) is 11.0 Å². The van der Waals surface area contributed by atoms with Gasteiger partial charge in [-0.25, -0.2) is 4.68 Å². The maximum atomic E-state index is 11.8. The fourth-order valence-electron chi connectivity index (χ4n) is 2.16. The first-order valence-electron chi connectivity index (χ1n) is 7.44. The fourth-order valence-corrected chi connectivity index (χ4v) is 2.66. The largest absolute Gasteiger partial charge is 0.387 e. The molecule has 2 N–H and O–H groups in total. The van der Waals surface area contributed by atoms with Gasteiger partial charge in [-0.1, -0.05) is 45.0 Å². The number of rotatable bonds is 4. The van der Waals surface area contributed by atoms with E-state index in [1.807, 2.05) is 24.3 Å². The van der Waals surface area contributed by atoms with Gasteiger partial charge in [-0.3, -0.25) is 4.79 Å². The van der Waals surface area contributed by atoms with Crippen molar-refractivity contribution in [1.82, 2.24) is 9.78 Å². The number of aromatic nitrogens is 2. The lowest BCUT2D eigenvalue weighted by Gasteiger charge is -2.20. The Bertz CT molecular complexity index is 733. The van der Waals surface area contributed by atoms with Crippen molar-refractivity contribution in [3.8, 4) is 0 Å². The van der Waals surface area contributed by atoms with Crippen molar-refractivity contribution in [2.75, 3.05) is 11.9 Å². The predicted octanol–water partition coefficient (Wildman–Crippen LogP) is 2.99. The Hall–Kier alpha value is -1.66. The van der Waals surface area contributed by atoms with Gasteiger partial charge in [-0.05, 0) is 32.5 Å². The van der Waals surface area contributed by atoms with Gasteiger partial charge in [-0.15, -0.1) is 0 Å². The molecule has 0 unspecified atom stereocenters. The maximum Gasteiger partial charge on any atom is 0.282 e. The third-order valence-corrected chi connectivity index (χ3v) is 4.49. The Morgan fingerprint density at radius 1 is 1.30 bits per heavy atom. The Labute approximate surface area is 144 Å². The average Bonchev–Trinajstić information content (AvgIpc) is 2.51. The first kappa shape index (κ1) is 17.7. The van der Waals surface area contributed by atoms with Gasteiger partial charge in [-0.2, -0.15) is 5.10 Å². The van der Waals surface area contributed by atoms with E-state index in [4.69, 9.17) is 0 Å². The molecule has 6 heteroatoms. The van der Waals surface area contributed by atoms with Crippen LogP contribution in [0.3, 0.4) is 0 Å². The highest BCUT2D eigenvalue weighted by molar-refractivity contribution is 9.10. The summed E-state index contributed by atoms with van der Waals surface area (Å²) in [5.74, 6) is 0. The molecule has 5 nitrogen and oxygen atoms in total. The smallest absolute Gasteiger partial charge is 0.282 e. The van der Waals surface area contributed by atoms with Crippen LogP contribution in [0.4, 0.5) is 5.69 Å². The molecule has 0 aliphatic carbocycles. The van der Waals surface area contributed by atoms with Crippen molar-refractivity contribution in [3.63, 3.8) is 0 Å².